The van der Waals surface area contributed by atoms with Gasteiger partial charge in [0, 0.05) is 33.8 Å². The predicted molar refractivity (Wildman–Crippen MR) is 212 cm³/mol. The molecule has 0 N–H and O–H groups in total. The van der Waals surface area contributed by atoms with Gasteiger partial charge in [-0.2, -0.15) is 0 Å². The maximum atomic E-state index is 6.20. The molecule has 13 heteroatoms. The minimum absolute atomic E-state index is 0.164. The lowest BCUT2D eigenvalue weighted by atomic mass is 9.66. The van der Waals surface area contributed by atoms with Crippen molar-refractivity contribution in [2.24, 2.45) is 0 Å². The number of oxazole rings is 3. The zero-order valence-corrected chi connectivity index (χ0v) is 27.4. The van der Waals surface area contributed by atoms with Gasteiger partial charge in [-0.3, -0.25) is 0 Å². The fourth-order valence-electron chi connectivity index (χ4n) is 6.18. The van der Waals surface area contributed by atoms with E-state index in [1.807, 2.05) is 97.1 Å². The topological polar surface area (TPSA) is 81.3 Å². The van der Waals surface area contributed by atoms with E-state index in [1.165, 1.54) is 0 Å². The largest absolute Gasteiger partial charge is 0.437 e. The number of anilines is 3. The Morgan fingerprint density at radius 1 is 0.423 bits per heavy atom. The highest BCUT2D eigenvalue weighted by Gasteiger charge is 2.19. The van der Waals surface area contributed by atoms with Crippen LogP contribution in [-0.2, 0) is 0 Å². The lowest BCUT2D eigenvalue weighted by Crippen LogP contribution is -2.47. The van der Waals surface area contributed by atoms with Crippen LogP contribution >= 0.6 is 0 Å². The van der Waals surface area contributed by atoms with Gasteiger partial charge in [-0.1, -0.05) is 28.5 Å². The number of nitrogens with zero attached hydrogens (tertiary/aromatic N) is 4. The Balaban J connectivity index is 1.10. The Morgan fingerprint density at radius 3 is 1.48 bits per heavy atom. The van der Waals surface area contributed by atoms with E-state index in [0.29, 0.717) is 50.8 Å². The van der Waals surface area contributed by atoms with Crippen molar-refractivity contribution in [3.63, 3.8) is 0 Å². The number of hydrogen-bond acceptors (Lipinski definition) is 7. The van der Waals surface area contributed by atoms with Crippen LogP contribution in [0.3, 0.4) is 0 Å². The van der Waals surface area contributed by atoms with E-state index in [1.54, 1.807) is 12.1 Å². The van der Waals surface area contributed by atoms with Gasteiger partial charge in [-0.15, -0.1) is 16.4 Å². The van der Waals surface area contributed by atoms with E-state index in [-0.39, 0.29) is 27.4 Å². The third-order valence-corrected chi connectivity index (χ3v) is 9.00. The molecule has 0 bridgehead atoms. The third kappa shape index (κ3) is 5.35. The van der Waals surface area contributed by atoms with Crippen molar-refractivity contribution < 1.29 is 13.3 Å². The molecule has 0 fully saturated rings. The van der Waals surface area contributed by atoms with Gasteiger partial charge in [0.25, 0.3) is 0 Å². The molecule has 0 amide bonds. The van der Waals surface area contributed by atoms with Crippen molar-refractivity contribution in [2.75, 3.05) is 4.90 Å². The molecule has 0 aliphatic carbocycles. The summed E-state index contributed by atoms with van der Waals surface area (Å²) >= 11 is 0. The fourth-order valence-corrected chi connectivity index (χ4v) is 6.18. The molecule has 0 spiro atoms. The molecule has 0 aliphatic rings. The molecule has 7 nitrogen and oxygen atoms in total. The van der Waals surface area contributed by atoms with Gasteiger partial charge in [-0.25, -0.2) is 15.0 Å². The van der Waals surface area contributed by atoms with E-state index < -0.39 is 0 Å². The van der Waals surface area contributed by atoms with Crippen LogP contribution in [0, 0.1) is 0 Å². The molecule has 9 aromatic rings. The van der Waals surface area contributed by atoms with Crippen molar-refractivity contribution in [2.45, 2.75) is 0 Å². The van der Waals surface area contributed by atoms with Gasteiger partial charge in [0.15, 0.2) is 11.2 Å². The van der Waals surface area contributed by atoms with E-state index in [2.05, 4.69) is 19.9 Å². The summed E-state index contributed by atoms with van der Waals surface area (Å²) in [7, 11) is 36.5. The second kappa shape index (κ2) is 12.3. The lowest BCUT2D eigenvalue weighted by molar-refractivity contribution is 0.619. The van der Waals surface area contributed by atoms with E-state index in [0.717, 1.165) is 39.3 Å². The van der Waals surface area contributed by atoms with Crippen LogP contribution in [0.15, 0.2) is 122 Å². The molecular weight excluding hydrogens is 637 g/mol. The zero-order chi connectivity index (χ0) is 35.7. The van der Waals surface area contributed by atoms with Crippen molar-refractivity contribution in [1.82, 2.24) is 15.0 Å². The number of benzene rings is 6. The van der Waals surface area contributed by atoms with Crippen LogP contribution in [0.2, 0.25) is 0 Å². The minimum atomic E-state index is 0.164. The number of aromatic nitrogens is 3. The van der Waals surface area contributed by atoms with Gasteiger partial charge < -0.3 is 18.2 Å². The second-order valence-electron chi connectivity index (χ2n) is 12.3. The molecule has 3 heterocycles. The first-order chi connectivity index (χ1) is 25.2. The third-order valence-electron chi connectivity index (χ3n) is 9.00. The van der Waals surface area contributed by atoms with E-state index >= 15 is 0 Å². The maximum absolute atomic E-state index is 6.20. The first kappa shape index (κ1) is 31.9. The van der Waals surface area contributed by atoms with E-state index in [9.17, 15) is 0 Å². The molecule has 0 atom stereocenters. The number of rotatable bonds is 6. The Hall–Kier alpha value is -6.08. The Bertz CT molecular complexity index is 2700. The first-order valence-electron chi connectivity index (χ1n) is 16.2. The summed E-state index contributed by atoms with van der Waals surface area (Å²) in [6.45, 7) is 0. The summed E-state index contributed by atoms with van der Waals surface area (Å²) in [6, 6.07) is 34.7. The highest BCUT2D eigenvalue weighted by Crippen LogP contribution is 2.38. The Labute approximate surface area is 305 Å². The molecule has 6 aromatic carbocycles. The van der Waals surface area contributed by atoms with Crippen molar-refractivity contribution in [1.29, 1.82) is 0 Å². The van der Waals surface area contributed by atoms with Gasteiger partial charge >= 0.3 is 0 Å². The van der Waals surface area contributed by atoms with E-state index in [4.69, 9.17) is 60.3 Å². The second-order valence-corrected chi connectivity index (χ2v) is 12.3. The van der Waals surface area contributed by atoms with Crippen LogP contribution in [0.1, 0.15) is 0 Å². The average molecular weight is 655 g/mol. The van der Waals surface area contributed by atoms with Gasteiger partial charge in [0.1, 0.15) is 69.2 Å². The standard InChI is InChI=1S/C39H18B6N4O3/c40-25-17-28-30(18-26(25)41)51-38(47-28)20-7-13-23(14-8-20)49(22-11-5-19(6-12-22)37-46-27-3-1-2-4-29(27)50-37)24-15-9-21(10-16-24)39-48-35-33(44)31(42)32(43)34(45)36(35)52-39/h1-18H. The molecule has 0 saturated heterocycles. The summed E-state index contributed by atoms with van der Waals surface area (Å²) in [6.07, 6.45) is 0. The minimum Gasteiger partial charge on any atom is -0.437 e. The molecule has 0 unspecified atom stereocenters. The van der Waals surface area contributed by atoms with Crippen molar-refractivity contribution in [3.8, 4) is 34.4 Å². The summed E-state index contributed by atoms with van der Waals surface area (Å²) in [5.41, 5.74) is 9.96. The predicted octanol–water partition coefficient (Wildman–Crippen LogP) is 3.34. The van der Waals surface area contributed by atoms with Crippen LogP contribution < -0.4 is 37.7 Å². The molecule has 9 rings (SSSR count). The number of fused-ring (bicyclic) bond motifs is 3. The molecule has 3 aromatic heterocycles. The lowest BCUT2D eigenvalue weighted by Gasteiger charge is -2.26. The molecule has 12 radical (unpaired) electrons. The maximum Gasteiger partial charge on any atom is 0.227 e. The Kier molecular flexibility index (Phi) is 7.54. The number of hydrogen-bond donors (Lipinski definition) is 0. The molecule has 0 aliphatic heterocycles. The van der Waals surface area contributed by atoms with Gasteiger partial charge in [-0.05, 0) is 97.1 Å². The first-order valence-corrected chi connectivity index (χ1v) is 16.2. The Morgan fingerprint density at radius 2 is 0.904 bits per heavy atom. The van der Waals surface area contributed by atoms with Gasteiger partial charge in [0.05, 0.1) is 0 Å². The normalized spacial score (nSPS) is 11.5. The van der Waals surface area contributed by atoms with Crippen molar-refractivity contribution >= 4 is 130 Å². The van der Waals surface area contributed by atoms with Crippen LogP contribution in [0.25, 0.3) is 67.7 Å². The highest BCUT2D eigenvalue weighted by molar-refractivity contribution is 6.66. The summed E-state index contributed by atoms with van der Waals surface area (Å²) in [4.78, 5) is 16.0. The zero-order valence-electron chi connectivity index (χ0n) is 27.4. The van der Waals surface area contributed by atoms with Crippen LogP contribution in [-0.4, -0.2) is 62.0 Å². The molecule has 0 saturated carbocycles. The summed E-state index contributed by atoms with van der Waals surface area (Å²) in [5, 5.41) is 0. The summed E-state index contributed by atoms with van der Waals surface area (Å²) in [5.74, 6) is 1.32. The monoisotopic (exact) mass is 656 g/mol. The quantitative estimate of drug-likeness (QED) is 0.255. The van der Waals surface area contributed by atoms with Gasteiger partial charge in [0.2, 0.25) is 17.7 Å². The highest BCUT2D eigenvalue weighted by atomic mass is 16.4. The fraction of sp³-hybridized carbons (Fsp3) is 0. The summed E-state index contributed by atoms with van der Waals surface area (Å²) < 4.78 is 18.1. The SMILES string of the molecule is [B]c1cc2nc(-c3ccc(N(c4ccc(-c5nc6ccccc6o5)cc4)c4ccc(-c5nc6c([B])c([B])c([B])c([B])c6o5)cc4)cc3)oc2cc1[B]. The van der Waals surface area contributed by atoms with Crippen molar-refractivity contribution in [3.05, 3.63) is 109 Å². The molecule has 230 valence electrons. The molecule has 52 heavy (non-hydrogen) atoms. The van der Waals surface area contributed by atoms with Crippen LogP contribution in [0.4, 0.5) is 17.1 Å². The smallest absolute Gasteiger partial charge is 0.227 e. The molecular formula is C39H18B6N4O3. The number of para-hydroxylation sites is 2. The van der Waals surface area contributed by atoms with Crippen LogP contribution in [0.5, 0.6) is 0 Å². The average Bonchev–Trinajstić information content (AvgIpc) is 3.92.